The average molecular weight is 215 g/mol. The lowest BCUT2D eigenvalue weighted by Crippen LogP contribution is -2.30. The van der Waals surface area contributed by atoms with E-state index in [1.165, 1.54) is 0 Å². The van der Waals surface area contributed by atoms with Gasteiger partial charge in [0.25, 0.3) is 0 Å². The summed E-state index contributed by atoms with van der Waals surface area (Å²) in [5.41, 5.74) is 0.313. The number of pyridine rings is 1. The smallest absolute Gasteiger partial charge is 0.439 e. The highest BCUT2D eigenvalue weighted by atomic mass is 16.5. The van der Waals surface area contributed by atoms with E-state index in [-0.39, 0.29) is 0 Å². The maximum absolute atomic E-state index is 9.14. The van der Waals surface area contributed by atoms with E-state index in [0.29, 0.717) is 17.1 Å². The van der Waals surface area contributed by atoms with Crippen molar-refractivity contribution in [1.82, 2.24) is 4.98 Å². The van der Waals surface area contributed by atoms with Crippen LogP contribution in [0, 0.1) is 0 Å². The number of nitrogens with zero attached hydrogens (tertiary/aromatic N) is 1. The SMILES string of the molecule is OB(O)c1ccccc1Oc1ccccn1. The maximum atomic E-state index is 9.14. The summed E-state index contributed by atoms with van der Waals surface area (Å²) in [6.07, 6.45) is 1.60. The largest absolute Gasteiger partial charge is 0.492 e. The number of benzene rings is 1. The van der Waals surface area contributed by atoms with Crippen molar-refractivity contribution in [1.29, 1.82) is 0 Å². The van der Waals surface area contributed by atoms with Gasteiger partial charge in [-0.1, -0.05) is 24.3 Å². The summed E-state index contributed by atoms with van der Waals surface area (Å²) in [7, 11) is -1.56. The molecule has 80 valence electrons. The van der Waals surface area contributed by atoms with Crippen LogP contribution in [0.1, 0.15) is 0 Å². The van der Waals surface area contributed by atoms with Crippen molar-refractivity contribution < 1.29 is 14.8 Å². The van der Waals surface area contributed by atoms with E-state index < -0.39 is 7.12 Å². The van der Waals surface area contributed by atoms with E-state index in [1.807, 2.05) is 0 Å². The Hall–Kier alpha value is -1.85. The van der Waals surface area contributed by atoms with Crippen molar-refractivity contribution >= 4 is 12.6 Å². The maximum Gasteiger partial charge on any atom is 0.492 e. The molecule has 0 saturated heterocycles. The molecule has 5 heteroatoms. The lowest BCUT2D eigenvalue weighted by atomic mass is 9.79. The molecule has 0 aliphatic heterocycles. The van der Waals surface area contributed by atoms with Gasteiger partial charge in [-0.25, -0.2) is 4.98 Å². The van der Waals surface area contributed by atoms with E-state index in [0.717, 1.165) is 0 Å². The lowest BCUT2D eigenvalue weighted by molar-refractivity contribution is 0.419. The first kappa shape index (κ1) is 10.7. The Morgan fingerprint density at radius 3 is 2.44 bits per heavy atom. The number of hydrogen-bond acceptors (Lipinski definition) is 4. The quantitative estimate of drug-likeness (QED) is 0.734. The third-order valence-electron chi connectivity index (χ3n) is 2.05. The zero-order chi connectivity index (χ0) is 11.4. The lowest BCUT2D eigenvalue weighted by Gasteiger charge is -2.09. The summed E-state index contributed by atoms with van der Waals surface area (Å²) in [6, 6.07) is 12.0. The van der Waals surface area contributed by atoms with E-state index in [4.69, 9.17) is 14.8 Å². The molecule has 0 saturated carbocycles. The minimum absolute atomic E-state index is 0.313. The second-order valence-corrected chi connectivity index (χ2v) is 3.18. The molecule has 2 rings (SSSR count). The molecule has 0 atom stereocenters. The topological polar surface area (TPSA) is 62.6 Å². The molecule has 2 aromatic rings. The Balaban J connectivity index is 2.28. The van der Waals surface area contributed by atoms with Gasteiger partial charge in [-0.15, -0.1) is 0 Å². The monoisotopic (exact) mass is 215 g/mol. The highest BCUT2D eigenvalue weighted by Crippen LogP contribution is 2.16. The molecular formula is C11H10BNO3. The molecule has 2 N–H and O–H groups in total. The second kappa shape index (κ2) is 4.78. The zero-order valence-corrected chi connectivity index (χ0v) is 8.45. The highest BCUT2D eigenvalue weighted by Gasteiger charge is 2.16. The van der Waals surface area contributed by atoms with Crippen LogP contribution in [0.5, 0.6) is 11.6 Å². The fourth-order valence-corrected chi connectivity index (χ4v) is 1.31. The standard InChI is InChI=1S/C11H10BNO3/c14-12(15)9-5-1-2-6-10(9)16-11-7-3-4-8-13-11/h1-8,14-15H. The Labute approximate surface area is 93.3 Å². The first-order valence-electron chi connectivity index (χ1n) is 4.81. The van der Waals surface area contributed by atoms with Crippen molar-refractivity contribution in [2.24, 2.45) is 0 Å². The van der Waals surface area contributed by atoms with E-state index in [2.05, 4.69) is 4.98 Å². The molecule has 0 bridgehead atoms. The third kappa shape index (κ3) is 2.39. The fraction of sp³-hybridized carbons (Fsp3) is 0. The first-order valence-corrected chi connectivity index (χ1v) is 4.81. The Morgan fingerprint density at radius 2 is 1.75 bits per heavy atom. The predicted molar refractivity (Wildman–Crippen MR) is 60.6 cm³/mol. The van der Waals surface area contributed by atoms with Crippen molar-refractivity contribution in [2.45, 2.75) is 0 Å². The Kier molecular flexibility index (Phi) is 3.19. The van der Waals surface area contributed by atoms with Crippen LogP contribution in [0.2, 0.25) is 0 Å². The van der Waals surface area contributed by atoms with Gasteiger partial charge in [-0.3, -0.25) is 0 Å². The van der Waals surface area contributed by atoms with E-state index >= 15 is 0 Å². The molecule has 16 heavy (non-hydrogen) atoms. The van der Waals surface area contributed by atoms with Gasteiger partial charge in [-0.05, 0) is 12.1 Å². The van der Waals surface area contributed by atoms with Crippen LogP contribution in [-0.2, 0) is 0 Å². The van der Waals surface area contributed by atoms with Crippen molar-refractivity contribution in [3.63, 3.8) is 0 Å². The number of hydrogen-bond donors (Lipinski definition) is 2. The Morgan fingerprint density at radius 1 is 1.00 bits per heavy atom. The summed E-state index contributed by atoms with van der Waals surface area (Å²) < 4.78 is 5.44. The Bertz CT molecular complexity index is 462. The molecule has 1 aromatic heterocycles. The molecular weight excluding hydrogens is 205 g/mol. The van der Waals surface area contributed by atoms with Gasteiger partial charge in [-0.2, -0.15) is 0 Å². The highest BCUT2D eigenvalue weighted by molar-refractivity contribution is 6.59. The summed E-state index contributed by atoms with van der Waals surface area (Å²) in [4.78, 5) is 3.99. The summed E-state index contributed by atoms with van der Waals surface area (Å²) in [5.74, 6) is 0.798. The van der Waals surface area contributed by atoms with Crippen LogP contribution in [0.3, 0.4) is 0 Å². The third-order valence-corrected chi connectivity index (χ3v) is 2.05. The van der Waals surface area contributed by atoms with Crippen LogP contribution in [-0.4, -0.2) is 22.2 Å². The van der Waals surface area contributed by atoms with E-state index in [1.54, 1.807) is 48.7 Å². The molecule has 1 heterocycles. The van der Waals surface area contributed by atoms with Crippen LogP contribution in [0.4, 0.5) is 0 Å². The average Bonchev–Trinajstić information content (AvgIpc) is 2.31. The number of aromatic nitrogens is 1. The van der Waals surface area contributed by atoms with Gasteiger partial charge in [0.05, 0.1) is 0 Å². The molecule has 1 aromatic carbocycles. The molecule has 0 spiro atoms. The molecule has 0 aliphatic rings. The van der Waals surface area contributed by atoms with Gasteiger partial charge >= 0.3 is 7.12 Å². The van der Waals surface area contributed by atoms with Crippen LogP contribution < -0.4 is 10.2 Å². The minimum Gasteiger partial charge on any atom is -0.439 e. The van der Waals surface area contributed by atoms with Crippen LogP contribution in [0.15, 0.2) is 48.7 Å². The molecule has 0 unspecified atom stereocenters. The fourth-order valence-electron chi connectivity index (χ4n) is 1.31. The van der Waals surface area contributed by atoms with Crippen LogP contribution in [0.25, 0.3) is 0 Å². The summed E-state index contributed by atoms with van der Waals surface area (Å²) in [6.45, 7) is 0. The normalized spacial score (nSPS) is 9.88. The summed E-state index contributed by atoms with van der Waals surface area (Å²) >= 11 is 0. The number of ether oxygens (including phenoxy) is 1. The molecule has 0 radical (unpaired) electrons. The van der Waals surface area contributed by atoms with Gasteiger partial charge in [0.1, 0.15) is 5.75 Å². The predicted octanol–water partition coefficient (Wildman–Crippen LogP) is 0.554. The van der Waals surface area contributed by atoms with E-state index in [9.17, 15) is 0 Å². The second-order valence-electron chi connectivity index (χ2n) is 3.18. The van der Waals surface area contributed by atoms with Crippen LogP contribution >= 0.6 is 0 Å². The number of rotatable bonds is 3. The zero-order valence-electron chi connectivity index (χ0n) is 8.45. The van der Waals surface area contributed by atoms with Crippen molar-refractivity contribution in [2.75, 3.05) is 0 Å². The van der Waals surface area contributed by atoms with Crippen molar-refractivity contribution in [3.05, 3.63) is 48.7 Å². The molecule has 0 amide bonds. The van der Waals surface area contributed by atoms with Gasteiger partial charge in [0.15, 0.2) is 0 Å². The van der Waals surface area contributed by atoms with Gasteiger partial charge in [0.2, 0.25) is 5.88 Å². The molecule has 4 nitrogen and oxygen atoms in total. The number of para-hydroxylation sites is 1. The van der Waals surface area contributed by atoms with Crippen molar-refractivity contribution in [3.8, 4) is 11.6 Å². The molecule has 0 fully saturated rings. The molecule has 0 aliphatic carbocycles. The van der Waals surface area contributed by atoms with Gasteiger partial charge in [0, 0.05) is 17.7 Å². The first-order chi connectivity index (χ1) is 7.77. The summed E-state index contributed by atoms with van der Waals surface area (Å²) in [5, 5.41) is 18.3. The van der Waals surface area contributed by atoms with Gasteiger partial charge < -0.3 is 14.8 Å². The minimum atomic E-state index is -1.56.